The first-order chi connectivity index (χ1) is 9.24. The van der Waals surface area contributed by atoms with Crippen LogP contribution in [0.3, 0.4) is 0 Å². The van der Waals surface area contributed by atoms with Crippen LogP contribution >= 0.6 is 0 Å². The Hall–Kier alpha value is -2.67. The number of carbonyl (C=O) groups is 1. The van der Waals surface area contributed by atoms with Crippen molar-refractivity contribution in [3.63, 3.8) is 0 Å². The number of ether oxygens (including phenoxy) is 1. The molecule has 4 nitrogen and oxygen atoms in total. The summed E-state index contributed by atoms with van der Waals surface area (Å²) in [5, 5.41) is 9.02. The van der Waals surface area contributed by atoms with E-state index < -0.39 is 0 Å². The Morgan fingerprint density at radius 3 is 2.74 bits per heavy atom. The maximum atomic E-state index is 11.3. The van der Waals surface area contributed by atoms with Crippen molar-refractivity contribution in [2.24, 2.45) is 0 Å². The summed E-state index contributed by atoms with van der Waals surface area (Å²) in [7, 11) is 1.33. The number of aromatic nitrogens is 1. The van der Waals surface area contributed by atoms with Gasteiger partial charge >= 0.3 is 5.97 Å². The van der Waals surface area contributed by atoms with Crippen molar-refractivity contribution in [1.29, 1.82) is 5.26 Å². The fourth-order valence-corrected chi connectivity index (χ4v) is 1.74. The predicted molar refractivity (Wildman–Crippen MR) is 70.1 cm³/mol. The molecule has 0 fully saturated rings. The van der Waals surface area contributed by atoms with Crippen LogP contribution in [0, 0.1) is 11.3 Å². The van der Waals surface area contributed by atoms with E-state index in [0.29, 0.717) is 11.1 Å². The van der Waals surface area contributed by atoms with Crippen LogP contribution in [-0.4, -0.2) is 18.1 Å². The Morgan fingerprint density at radius 1 is 1.37 bits per heavy atom. The van der Waals surface area contributed by atoms with E-state index in [0.717, 1.165) is 11.3 Å². The van der Waals surface area contributed by atoms with Gasteiger partial charge in [0.2, 0.25) is 0 Å². The maximum Gasteiger partial charge on any atom is 0.310 e. The molecule has 0 unspecified atom stereocenters. The number of esters is 1. The Bertz CT molecular complexity index is 630. The van der Waals surface area contributed by atoms with E-state index in [1.54, 1.807) is 6.07 Å². The highest BCUT2D eigenvalue weighted by atomic mass is 16.5. The van der Waals surface area contributed by atoms with Gasteiger partial charge in [0.25, 0.3) is 0 Å². The summed E-state index contributed by atoms with van der Waals surface area (Å²) in [6, 6.07) is 13.4. The third-order valence-corrected chi connectivity index (χ3v) is 2.74. The lowest BCUT2D eigenvalue weighted by Gasteiger charge is -2.06. The van der Waals surface area contributed by atoms with Gasteiger partial charge in [-0.15, -0.1) is 0 Å². The zero-order chi connectivity index (χ0) is 13.7. The fourth-order valence-electron chi connectivity index (χ4n) is 1.74. The van der Waals surface area contributed by atoms with Crippen molar-refractivity contribution in [1.82, 2.24) is 4.98 Å². The number of carbonyl (C=O) groups excluding carboxylic acids is 1. The minimum Gasteiger partial charge on any atom is -0.469 e. The van der Waals surface area contributed by atoms with Crippen LogP contribution in [0.25, 0.3) is 11.3 Å². The van der Waals surface area contributed by atoms with E-state index in [1.807, 2.05) is 36.4 Å². The number of rotatable bonds is 3. The van der Waals surface area contributed by atoms with Gasteiger partial charge in [0.05, 0.1) is 24.8 Å². The molecule has 94 valence electrons. The first-order valence-corrected chi connectivity index (χ1v) is 5.76. The third kappa shape index (κ3) is 2.96. The van der Waals surface area contributed by atoms with Gasteiger partial charge in [-0.05, 0) is 11.6 Å². The lowest BCUT2D eigenvalue weighted by molar-refractivity contribution is -0.139. The second-order valence-electron chi connectivity index (χ2n) is 3.96. The molecule has 1 aromatic carbocycles. The molecule has 0 amide bonds. The van der Waals surface area contributed by atoms with E-state index in [4.69, 9.17) is 5.26 Å². The van der Waals surface area contributed by atoms with E-state index >= 15 is 0 Å². The van der Waals surface area contributed by atoms with Crippen molar-refractivity contribution in [3.8, 4) is 17.3 Å². The van der Waals surface area contributed by atoms with Crippen molar-refractivity contribution < 1.29 is 9.53 Å². The lowest BCUT2D eigenvalue weighted by atomic mass is 10.0. The van der Waals surface area contributed by atoms with Gasteiger partial charge < -0.3 is 4.74 Å². The number of hydrogen-bond acceptors (Lipinski definition) is 4. The van der Waals surface area contributed by atoms with Crippen LogP contribution in [0.4, 0.5) is 0 Å². The molecule has 2 rings (SSSR count). The molecule has 0 saturated carbocycles. The maximum absolute atomic E-state index is 11.3. The fraction of sp³-hybridized carbons (Fsp3) is 0.133. The zero-order valence-electron chi connectivity index (χ0n) is 10.5. The van der Waals surface area contributed by atoms with Gasteiger partial charge in [0.1, 0.15) is 6.07 Å². The highest BCUT2D eigenvalue weighted by Crippen LogP contribution is 2.20. The van der Waals surface area contributed by atoms with Crippen LogP contribution in [0.5, 0.6) is 0 Å². The molecule has 0 N–H and O–H groups in total. The minimum absolute atomic E-state index is 0.0712. The lowest BCUT2D eigenvalue weighted by Crippen LogP contribution is -2.06. The number of pyridine rings is 1. The molecule has 0 radical (unpaired) electrons. The standard InChI is InChI=1S/C15H12N2O2/c1-19-15(18)8-12-7-14(17-10-13(12)9-16)11-5-3-2-4-6-11/h2-7,10H,8H2,1H3. The van der Waals surface area contributed by atoms with Crippen molar-refractivity contribution in [2.75, 3.05) is 7.11 Å². The monoisotopic (exact) mass is 252 g/mol. The summed E-state index contributed by atoms with van der Waals surface area (Å²) in [5.74, 6) is -0.373. The zero-order valence-corrected chi connectivity index (χ0v) is 10.5. The summed E-state index contributed by atoms with van der Waals surface area (Å²) in [4.78, 5) is 15.6. The highest BCUT2D eigenvalue weighted by molar-refractivity contribution is 5.74. The summed E-state index contributed by atoms with van der Waals surface area (Å²) in [6.45, 7) is 0. The molecule has 0 spiro atoms. The van der Waals surface area contributed by atoms with Gasteiger partial charge in [-0.2, -0.15) is 5.26 Å². The van der Waals surface area contributed by atoms with E-state index in [9.17, 15) is 4.79 Å². The molecule has 0 atom stereocenters. The van der Waals surface area contributed by atoms with Gasteiger partial charge in [-0.1, -0.05) is 30.3 Å². The largest absolute Gasteiger partial charge is 0.469 e. The predicted octanol–water partition coefficient (Wildman–Crippen LogP) is 2.34. The topological polar surface area (TPSA) is 63.0 Å². The molecule has 0 aliphatic rings. The van der Waals surface area contributed by atoms with Gasteiger partial charge in [0.15, 0.2) is 0 Å². The van der Waals surface area contributed by atoms with Crippen LogP contribution in [0.15, 0.2) is 42.6 Å². The van der Waals surface area contributed by atoms with E-state index in [1.165, 1.54) is 13.3 Å². The molecular formula is C15H12N2O2. The second kappa shape index (κ2) is 5.78. The van der Waals surface area contributed by atoms with Crippen molar-refractivity contribution >= 4 is 5.97 Å². The summed E-state index contributed by atoms with van der Waals surface area (Å²) < 4.78 is 4.63. The summed E-state index contributed by atoms with van der Waals surface area (Å²) in [5.41, 5.74) is 2.70. The average Bonchev–Trinajstić information content (AvgIpc) is 2.48. The Balaban J connectivity index is 2.42. The number of methoxy groups -OCH3 is 1. The van der Waals surface area contributed by atoms with Crippen LogP contribution in [0.2, 0.25) is 0 Å². The molecule has 2 aromatic rings. The van der Waals surface area contributed by atoms with Crippen molar-refractivity contribution in [3.05, 3.63) is 53.7 Å². The Kier molecular flexibility index (Phi) is 3.89. The van der Waals surface area contributed by atoms with Crippen molar-refractivity contribution in [2.45, 2.75) is 6.42 Å². The smallest absolute Gasteiger partial charge is 0.310 e. The molecule has 1 heterocycles. The number of nitriles is 1. The molecule has 0 aliphatic carbocycles. The van der Waals surface area contributed by atoms with Crippen LogP contribution < -0.4 is 0 Å². The first kappa shape index (κ1) is 12.8. The van der Waals surface area contributed by atoms with Gasteiger partial charge in [-0.3, -0.25) is 9.78 Å². The summed E-state index contributed by atoms with van der Waals surface area (Å²) >= 11 is 0. The minimum atomic E-state index is -0.373. The van der Waals surface area contributed by atoms with Gasteiger partial charge in [0, 0.05) is 11.8 Å². The quantitative estimate of drug-likeness (QED) is 0.786. The Morgan fingerprint density at radius 2 is 2.11 bits per heavy atom. The highest BCUT2D eigenvalue weighted by Gasteiger charge is 2.10. The SMILES string of the molecule is COC(=O)Cc1cc(-c2ccccc2)ncc1C#N. The molecule has 1 aromatic heterocycles. The first-order valence-electron chi connectivity index (χ1n) is 5.76. The van der Waals surface area contributed by atoms with Gasteiger partial charge in [-0.25, -0.2) is 0 Å². The summed E-state index contributed by atoms with van der Waals surface area (Å²) in [6.07, 6.45) is 1.56. The van der Waals surface area contributed by atoms with Crippen LogP contribution in [-0.2, 0) is 16.0 Å². The van der Waals surface area contributed by atoms with E-state index in [-0.39, 0.29) is 12.4 Å². The van der Waals surface area contributed by atoms with Crippen LogP contribution in [0.1, 0.15) is 11.1 Å². The average molecular weight is 252 g/mol. The normalized spacial score (nSPS) is 9.68. The molecule has 0 aliphatic heterocycles. The molecule has 0 saturated heterocycles. The number of benzene rings is 1. The molecule has 4 heteroatoms. The molecule has 0 bridgehead atoms. The molecular weight excluding hydrogens is 240 g/mol. The number of nitrogens with zero attached hydrogens (tertiary/aromatic N) is 2. The number of hydrogen-bond donors (Lipinski definition) is 0. The second-order valence-corrected chi connectivity index (χ2v) is 3.96. The Labute approximate surface area is 111 Å². The third-order valence-electron chi connectivity index (χ3n) is 2.74. The molecule has 19 heavy (non-hydrogen) atoms. The van der Waals surface area contributed by atoms with E-state index in [2.05, 4.69) is 9.72 Å².